The van der Waals surface area contributed by atoms with E-state index in [2.05, 4.69) is 5.32 Å². The summed E-state index contributed by atoms with van der Waals surface area (Å²) in [5.74, 6) is -1.15. The van der Waals surface area contributed by atoms with Gasteiger partial charge in [-0.3, -0.25) is 14.9 Å². The number of nitro benzene ring substituents is 1. The smallest absolute Gasteiger partial charge is 0.337 e. The molecule has 1 aliphatic heterocycles. The van der Waals surface area contributed by atoms with Crippen LogP contribution in [0, 0.1) is 15.5 Å². The van der Waals surface area contributed by atoms with Gasteiger partial charge in [-0.2, -0.15) is 0 Å². The zero-order valence-corrected chi connectivity index (χ0v) is 18.9. The van der Waals surface area contributed by atoms with Crippen molar-refractivity contribution in [3.63, 3.8) is 0 Å². The molecule has 0 saturated heterocycles. The van der Waals surface area contributed by atoms with Crippen molar-refractivity contribution in [1.29, 1.82) is 0 Å². The Kier molecular flexibility index (Phi) is 5.93. The molecule has 4 rings (SSSR count). The van der Waals surface area contributed by atoms with Gasteiger partial charge in [0.1, 0.15) is 6.10 Å². The standard InChI is InChI=1S/C25H30N2O5/c1-15-21(24(29)32-18-10-5-4-6-11-18)22(16-8-7-9-17(12-16)27(30)31)23-19(26-15)13-25(2,3)14-20(23)28/h7-9,12,18,22,26H,4-6,10-11,13-14H2,1-3H3/t22-/m1/s1. The molecule has 7 nitrogen and oxygen atoms in total. The Hall–Kier alpha value is -2.96. The molecule has 0 amide bonds. The van der Waals surface area contributed by atoms with E-state index in [4.69, 9.17) is 4.74 Å². The highest BCUT2D eigenvalue weighted by Crippen LogP contribution is 2.47. The van der Waals surface area contributed by atoms with Crippen molar-refractivity contribution < 1.29 is 19.2 Å². The van der Waals surface area contributed by atoms with E-state index in [1.165, 1.54) is 12.1 Å². The Morgan fingerprint density at radius 2 is 1.91 bits per heavy atom. The maximum atomic E-state index is 13.4. The van der Waals surface area contributed by atoms with Crippen LogP contribution in [-0.4, -0.2) is 22.8 Å². The molecular formula is C25H30N2O5. The van der Waals surface area contributed by atoms with Gasteiger partial charge in [0, 0.05) is 41.4 Å². The van der Waals surface area contributed by atoms with Crippen molar-refractivity contribution in [1.82, 2.24) is 5.32 Å². The van der Waals surface area contributed by atoms with Crippen molar-refractivity contribution >= 4 is 17.4 Å². The highest BCUT2D eigenvalue weighted by Gasteiger charge is 2.43. The van der Waals surface area contributed by atoms with Crippen LogP contribution < -0.4 is 5.32 Å². The number of nitrogens with one attached hydrogen (secondary N) is 1. The van der Waals surface area contributed by atoms with Crippen molar-refractivity contribution in [2.75, 3.05) is 0 Å². The topological polar surface area (TPSA) is 98.5 Å². The van der Waals surface area contributed by atoms with Crippen LogP contribution in [0.5, 0.6) is 0 Å². The summed E-state index contributed by atoms with van der Waals surface area (Å²) < 4.78 is 5.88. The summed E-state index contributed by atoms with van der Waals surface area (Å²) in [4.78, 5) is 37.7. The normalized spacial score (nSPS) is 23.5. The number of dihydropyridines is 1. The van der Waals surface area contributed by atoms with E-state index >= 15 is 0 Å². The number of benzene rings is 1. The second-order valence-corrected chi connectivity index (χ2v) is 9.95. The number of hydrogen-bond donors (Lipinski definition) is 1. The summed E-state index contributed by atoms with van der Waals surface area (Å²) in [6.45, 7) is 5.91. The van der Waals surface area contributed by atoms with E-state index in [1.54, 1.807) is 12.1 Å². The maximum Gasteiger partial charge on any atom is 0.337 e. The Bertz CT molecular complexity index is 1030. The highest BCUT2D eigenvalue weighted by atomic mass is 16.6. The van der Waals surface area contributed by atoms with Gasteiger partial charge in [-0.1, -0.05) is 32.4 Å². The Morgan fingerprint density at radius 3 is 2.59 bits per heavy atom. The molecule has 1 aromatic rings. The molecule has 2 aliphatic carbocycles. The molecule has 3 aliphatic rings. The quantitative estimate of drug-likeness (QED) is 0.400. The first-order chi connectivity index (χ1) is 15.2. The van der Waals surface area contributed by atoms with Crippen molar-refractivity contribution in [2.24, 2.45) is 5.41 Å². The SMILES string of the molecule is CC1=C(C(=O)OC2CCCCC2)[C@@H](c2cccc([N+](=O)[O-])c2)C2=C(CC(C)(C)CC2=O)N1. The first-order valence-electron chi connectivity index (χ1n) is 11.4. The Balaban J connectivity index is 1.79. The third-order valence-electron chi connectivity index (χ3n) is 6.70. The van der Waals surface area contributed by atoms with Gasteiger partial charge < -0.3 is 10.1 Å². The zero-order valence-electron chi connectivity index (χ0n) is 18.9. The van der Waals surface area contributed by atoms with Crippen LogP contribution in [0.4, 0.5) is 5.69 Å². The van der Waals surface area contributed by atoms with E-state index in [0.717, 1.165) is 37.8 Å². The number of nitrogens with zero attached hydrogens (tertiary/aromatic N) is 1. The fourth-order valence-corrected chi connectivity index (χ4v) is 5.26. The molecule has 1 atom stereocenters. The van der Waals surface area contributed by atoms with Crippen LogP contribution in [0.1, 0.15) is 77.2 Å². The van der Waals surface area contributed by atoms with Crippen molar-refractivity contribution in [3.05, 3.63) is 62.5 Å². The van der Waals surface area contributed by atoms with E-state index in [1.807, 2.05) is 20.8 Å². The molecular weight excluding hydrogens is 408 g/mol. The fraction of sp³-hybridized carbons (Fsp3) is 0.520. The number of non-ortho nitro benzene ring substituents is 1. The number of ether oxygens (including phenoxy) is 1. The molecule has 7 heteroatoms. The number of ketones is 1. The average molecular weight is 439 g/mol. The number of hydrogen-bond acceptors (Lipinski definition) is 6. The third kappa shape index (κ3) is 4.33. The second-order valence-electron chi connectivity index (χ2n) is 9.95. The highest BCUT2D eigenvalue weighted by molar-refractivity contribution is 6.04. The molecule has 32 heavy (non-hydrogen) atoms. The van der Waals surface area contributed by atoms with Crippen LogP contribution in [0.15, 0.2) is 46.8 Å². The molecule has 0 aromatic heterocycles. The summed E-state index contributed by atoms with van der Waals surface area (Å²) in [5.41, 5.74) is 2.66. The molecule has 170 valence electrons. The number of allylic oxidation sites excluding steroid dienone is 3. The molecule has 1 heterocycles. The van der Waals surface area contributed by atoms with Gasteiger partial charge in [0.15, 0.2) is 5.78 Å². The third-order valence-corrected chi connectivity index (χ3v) is 6.70. The minimum absolute atomic E-state index is 0.0317. The maximum absolute atomic E-state index is 13.4. The van der Waals surface area contributed by atoms with Gasteiger partial charge in [-0.15, -0.1) is 0 Å². The zero-order chi connectivity index (χ0) is 23.0. The van der Waals surface area contributed by atoms with Gasteiger partial charge in [-0.25, -0.2) is 4.79 Å². The molecule has 1 aromatic carbocycles. The summed E-state index contributed by atoms with van der Waals surface area (Å²) in [6.07, 6.45) is 5.80. The van der Waals surface area contributed by atoms with E-state index in [0.29, 0.717) is 35.2 Å². The summed E-state index contributed by atoms with van der Waals surface area (Å²) in [5, 5.41) is 14.7. The number of esters is 1. The van der Waals surface area contributed by atoms with Gasteiger partial charge in [0.25, 0.3) is 5.69 Å². The Labute approximate surface area is 188 Å². The molecule has 0 radical (unpaired) electrons. The van der Waals surface area contributed by atoms with Gasteiger partial charge in [0.2, 0.25) is 0 Å². The molecule has 0 bridgehead atoms. The molecule has 1 saturated carbocycles. The molecule has 0 spiro atoms. The predicted molar refractivity (Wildman–Crippen MR) is 120 cm³/mol. The molecule has 1 N–H and O–H groups in total. The minimum atomic E-state index is -0.675. The number of carbonyl (C=O) groups excluding carboxylic acids is 2. The summed E-state index contributed by atoms with van der Waals surface area (Å²) >= 11 is 0. The van der Waals surface area contributed by atoms with Gasteiger partial charge in [0.05, 0.1) is 10.5 Å². The lowest BCUT2D eigenvalue weighted by Gasteiger charge is -2.39. The number of nitro groups is 1. The second kappa shape index (κ2) is 8.52. The molecule has 1 fully saturated rings. The summed E-state index contributed by atoms with van der Waals surface area (Å²) in [7, 11) is 0. The first-order valence-corrected chi connectivity index (χ1v) is 11.4. The van der Waals surface area contributed by atoms with E-state index in [-0.39, 0.29) is 23.0 Å². The van der Waals surface area contributed by atoms with Crippen LogP contribution in [-0.2, 0) is 14.3 Å². The van der Waals surface area contributed by atoms with Crippen LogP contribution in [0.3, 0.4) is 0 Å². The van der Waals surface area contributed by atoms with Crippen molar-refractivity contribution in [2.45, 2.75) is 77.7 Å². The van der Waals surface area contributed by atoms with E-state index in [9.17, 15) is 19.7 Å². The van der Waals surface area contributed by atoms with Crippen LogP contribution in [0.25, 0.3) is 0 Å². The lowest BCUT2D eigenvalue weighted by Crippen LogP contribution is -2.39. The van der Waals surface area contributed by atoms with Crippen molar-refractivity contribution in [3.8, 4) is 0 Å². The first kappa shape index (κ1) is 22.2. The van der Waals surface area contributed by atoms with Gasteiger partial charge >= 0.3 is 5.97 Å². The Morgan fingerprint density at radius 1 is 1.19 bits per heavy atom. The monoisotopic (exact) mass is 438 g/mol. The van der Waals surface area contributed by atoms with Crippen LogP contribution in [0.2, 0.25) is 0 Å². The molecule has 0 unspecified atom stereocenters. The van der Waals surface area contributed by atoms with Gasteiger partial charge in [-0.05, 0) is 50.0 Å². The lowest BCUT2D eigenvalue weighted by molar-refractivity contribution is -0.384. The minimum Gasteiger partial charge on any atom is -0.459 e. The number of rotatable bonds is 4. The largest absolute Gasteiger partial charge is 0.459 e. The lowest BCUT2D eigenvalue weighted by atomic mass is 9.68. The van der Waals surface area contributed by atoms with Crippen LogP contribution >= 0.6 is 0 Å². The fourth-order valence-electron chi connectivity index (χ4n) is 5.26. The number of Topliss-reactive ketones (excluding diaryl/α,β-unsaturated/α-hetero) is 1. The number of carbonyl (C=O) groups is 2. The summed E-state index contributed by atoms with van der Waals surface area (Å²) in [6, 6.07) is 6.24. The average Bonchev–Trinajstić information content (AvgIpc) is 2.72. The van der Waals surface area contributed by atoms with E-state index < -0.39 is 16.8 Å². The predicted octanol–water partition coefficient (Wildman–Crippen LogP) is 5.07.